The quantitative estimate of drug-likeness (QED) is 0.576. The van der Waals surface area contributed by atoms with Crippen molar-refractivity contribution < 1.29 is 14.3 Å². The van der Waals surface area contributed by atoms with E-state index in [4.69, 9.17) is 27.9 Å². The lowest BCUT2D eigenvalue weighted by Crippen LogP contribution is -2.61. The molecule has 2 aromatic rings. The first-order chi connectivity index (χ1) is 16.5. The summed E-state index contributed by atoms with van der Waals surface area (Å²) in [5, 5.41) is 4.30. The largest absolute Gasteiger partial charge is 0.444 e. The predicted octanol–water partition coefficient (Wildman–Crippen LogP) is 5.57. The second-order valence-electron chi connectivity index (χ2n) is 10.4. The molecule has 0 saturated carbocycles. The average Bonchev–Trinajstić information content (AvgIpc) is 3.18. The van der Waals surface area contributed by atoms with Crippen molar-refractivity contribution in [1.29, 1.82) is 0 Å². The highest BCUT2D eigenvalue weighted by Crippen LogP contribution is 2.43. The smallest absolute Gasteiger partial charge is 0.410 e. The van der Waals surface area contributed by atoms with Gasteiger partial charge in [-0.1, -0.05) is 47.5 Å². The van der Waals surface area contributed by atoms with Crippen molar-refractivity contribution in [1.82, 2.24) is 15.1 Å². The van der Waals surface area contributed by atoms with Crippen molar-refractivity contribution >= 4 is 35.2 Å². The van der Waals surface area contributed by atoms with Gasteiger partial charge in [-0.05, 0) is 75.4 Å². The van der Waals surface area contributed by atoms with E-state index in [-0.39, 0.29) is 18.0 Å². The number of benzene rings is 2. The summed E-state index contributed by atoms with van der Waals surface area (Å²) in [5.74, 6) is -0.0447. The average molecular weight is 518 g/mol. The van der Waals surface area contributed by atoms with Crippen LogP contribution in [0.3, 0.4) is 0 Å². The highest BCUT2D eigenvalue weighted by Gasteiger charge is 2.51. The van der Waals surface area contributed by atoms with E-state index >= 15 is 0 Å². The molecule has 2 aromatic carbocycles. The van der Waals surface area contributed by atoms with Gasteiger partial charge in [-0.3, -0.25) is 9.69 Å². The molecule has 0 bridgehead atoms. The first-order valence-electron chi connectivity index (χ1n) is 12.1. The van der Waals surface area contributed by atoms with Gasteiger partial charge in [0.1, 0.15) is 11.1 Å². The summed E-state index contributed by atoms with van der Waals surface area (Å²) in [4.78, 5) is 30.6. The van der Waals surface area contributed by atoms with Crippen LogP contribution in [-0.4, -0.2) is 53.6 Å². The summed E-state index contributed by atoms with van der Waals surface area (Å²) in [6.07, 6.45) is 1.20. The molecule has 4 rings (SSSR count). The van der Waals surface area contributed by atoms with Crippen molar-refractivity contribution in [2.75, 3.05) is 26.2 Å². The third-order valence-electron chi connectivity index (χ3n) is 6.80. The molecule has 0 radical (unpaired) electrons. The second kappa shape index (κ2) is 10.00. The van der Waals surface area contributed by atoms with Crippen LogP contribution in [0.25, 0.3) is 0 Å². The minimum absolute atomic E-state index is 0.0447. The number of hydrogen-bond donors (Lipinski definition) is 1. The summed E-state index contributed by atoms with van der Waals surface area (Å²) >= 11 is 12.4. The highest BCUT2D eigenvalue weighted by molar-refractivity contribution is 6.34. The lowest BCUT2D eigenvalue weighted by molar-refractivity contribution is -0.136. The van der Waals surface area contributed by atoms with Crippen molar-refractivity contribution in [2.24, 2.45) is 0 Å². The van der Waals surface area contributed by atoms with Crippen LogP contribution in [0.15, 0.2) is 42.5 Å². The molecule has 1 aliphatic heterocycles. The lowest BCUT2D eigenvalue weighted by Gasteiger charge is -2.45. The zero-order valence-corrected chi connectivity index (χ0v) is 22.2. The van der Waals surface area contributed by atoms with Gasteiger partial charge in [0.15, 0.2) is 0 Å². The molecule has 2 amide bonds. The molecule has 188 valence electrons. The van der Waals surface area contributed by atoms with Crippen molar-refractivity contribution in [3.8, 4) is 0 Å². The number of fused-ring (bicyclic) bond motifs is 1. The van der Waals surface area contributed by atoms with Crippen LogP contribution < -0.4 is 5.32 Å². The summed E-state index contributed by atoms with van der Waals surface area (Å²) in [7, 11) is 0. The summed E-state index contributed by atoms with van der Waals surface area (Å²) in [5.41, 5.74) is 1.74. The van der Waals surface area contributed by atoms with Crippen LogP contribution in [-0.2, 0) is 21.5 Å². The van der Waals surface area contributed by atoms with Crippen LogP contribution in [0.2, 0.25) is 10.0 Å². The monoisotopic (exact) mass is 517 g/mol. The van der Waals surface area contributed by atoms with E-state index in [0.717, 1.165) is 17.5 Å². The van der Waals surface area contributed by atoms with Crippen molar-refractivity contribution in [3.05, 3.63) is 69.2 Å². The van der Waals surface area contributed by atoms with Gasteiger partial charge in [0.05, 0.1) is 6.04 Å². The summed E-state index contributed by atoms with van der Waals surface area (Å²) in [6.45, 7) is 9.71. The number of rotatable bonds is 4. The zero-order valence-electron chi connectivity index (χ0n) is 20.7. The molecule has 1 fully saturated rings. The Balaban J connectivity index is 1.57. The first kappa shape index (κ1) is 25.8. The number of hydrogen-bond acceptors (Lipinski definition) is 4. The third kappa shape index (κ3) is 5.45. The fourth-order valence-electron chi connectivity index (χ4n) is 5.12. The van der Waals surface area contributed by atoms with Gasteiger partial charge in [0, 0.05) is 36.2 Å². The Morgan fingerprint density at radius 2 is 1.66 bits per heavy atom. The summed E-state index contributed by atoms with van der Waals surface area (Å²) < 4.78 is 5.56. The Morgan fingerprint density at radius 3 is 2.29 bits per heavy atom. The van der Waals surface area contributed by atoms with Gasteiger partial charge >= 0.3 is 6.09 Å². The molecule has 35 heavy (non-hydrogen) atoms. The molecule has 0 aromatic heterocycles. The number of ether oxygens (including phenoxy) is 1. The minimum atomic E-state index is -0.798. The van der Waals surface area contributed by atoms with Gasteiger partial charge < -0.3 is 15.0 Å². The molecule has 8 heteroatoms. The maximum Gasteiger partial charge on any atom is 0.410 e. The fraction of sp³-hybridized carbons (Fsp3) is 0.481. The van der Waals surface area contributed by atoms with Gasteiger partial charge in [-0.2, -0.15) is 0 Å². The van der Waals surface area contributed by atoms with Gasteiger partial charge in [0.2, 0.25) is 5.91 Å². The molecule has 6 nitrogen and oxygen atoms in total. The number of halogens is 2. The van der Waals surface area contributed by atoms with E-state index in [1.54, 1.807) is 11.0 Å². The van der Waals surface area contributed by atoms with Crippen LogP contribution in [0.5, 0.6) is 0 Å². The standard InChI is InChI=1S/C27H33Cl2N3O3/c1-18(20-15-21(28)17-22(29)16-20)30-24(33)27(10-9-19-7-5-6-8-23(19)27)32-13-11-31(12-14-32)25(34)35-26(2,3)4/h5-8,15-18H,9-14H2,1-4H3,(H,30,33)/t18-,27?/m1/s1. The number of nitrogens with zero attached hydrogens (tertiary/aromatic N) is 2. The SMILES string of the molecule is C[C@@H](NC(=O)C1(N2CCN(C(=O)OC(C)(C)C)CC2)CCc2ccccc21)c1cc(Cl)cc(Cl)c1. The van der Waals surface area contributed by atoms with E-state index in [2.05, 4.69) is 22.3 Å². The zero-order chi connectivity index (χ0) is 25.4. The minimum Gasteiger partial charge on any atom is -0.444 e. The maximum atomic E-state index is 14.1. The maximum absolute atomic E-state index is 14.1. The Bertz CT molecular complexity index is 1090. The second-order valence-corrected chi connectivity index (χ2v) is 11.2. The predicted molar refractivity (Wildman–Crippen MR) is 139 cm³/mol. The number of nitrogens with one attached hydrogen (secondary N) is 1. The molecular weight excluding hydrogens is 485 g/mol. The van der Waals surface area contributed by atoms with E-state index in [0.29, 0.717) is 42.6 Å². The lowest BCUT2D eigenvalue weighted by atomic mass is 9.87. The van der Waals surface area contributed by atoms with E-state index in [1.807, 2.05) is 52.0 Å². The van der Waals surface area contributed by atoms with E-state index in [9.17, 15) is 9.59 Å². The molecule has 1 aliphatic carbocycles. The Labute approximate surface area is 217 Å². The topological polar surface area (TPSA) is 61.9 Å². The van der Waals surface area contributed by atoms with Gasteiger partial charge in [-0.15, -0.1) is 0 Å². The molecule has 2 aliphatic rings. The number of aryl methyl sites for hydroxylation is 1. The molecule has 0 spiro atoms. The number of carbonyl (C=O) groups excluding carboxylic acids is 2. The number of carbonyl (C=O) groups is 2. The van der Waals surface area contributed by atoms with Crippen LogP contribution >= 0.6 is 23.2 Å². The fourth-order valence-corrected chi connectivity index (χ4v) is 5.66. The Morgan fingerprint density at radius 1 is 1.03 bits per heavy atom. The van der Waals surface area contributed by atoms with Gasteiger partial charge in [-0.25, -0.2) is 4.79 Å². The van der Waals surface area contributed by atoms with Crippen molar-refractivity contribution in [3.63, 3.8) is 0 Å². The normalized spacial score (nSPS) is 21.4. The van der Waals surface area contributed by atoms with Crippen LogP contribution in [0.4, 0.5) is 4.79 Å². The van der Waals surface area contributed by atoms with Crippen LogP contribution in [0, 0.1) is 0 Å². The Hall–Kier alpha value is -2.28. The van der Waals surface area contributed by atoms with Crippen LogP contribution in [0.1, 0.15) is 56.8 Å². The molecule has 1 saturated heterocycles. The van der Waals surface area contributed by atoms with E-state index < -0.39 is 11.1 Å². The molecule has 2 atom stereocenters. The third-order valence-corrected chi connectivity index (χ3v) is 7.23. The van der Waals surface area contributed by atoms with Gasteiger partial charge in [0.25, 0.3) is 0 Å². The molecular formula is C27H33Cl2N3O3. The Kier molecular flexibility index (Phi) is 7.37. The van der Waals surface area contributed by atoms with Crippen molar-refractivity contribution in [2.45, 2.75) is 57.7 Å². The first-order valence-corrected chi connectivity index (χ1v) is 12.8. The number of piperazine rings is 1. The summed E-state index contributed by atoms with van der Waals surface area (Å²) in [6, 6.07) is 13.2. The number of amides is 2. The molecule has 1 N–H and O–H groups in total. The molecule has 1 heterocycles. The highest BCUT2D eigenvalue weighted by atomic mass is 35.5. The van der Waals surface area contributed by atoms with E-state index in [1.165, 1.54) is 5.56 Å². The molecule has 1 unspecified atom stereocenters.